The minimum atomic E-state index is -4.23. The van der Waals surface area contributed by atoms with Gasteiger partial charge < -0.3 is 10.1 Å². The van der Waals surface area contributed by atoms with Gasteiger partial charge in [0.25, 0.3) is 0 Å². The van der Waals surface area contributed by atoms with Crippen LogP contribution in [0.1, 0.15) is 25.7 Å². The normalized spacial score (nSPS) is 32.4. The van der Waals surface area contributed by atoms with Gasteiger partial charge in [-0.15, -0.1) is 0 Å². The lowest BCUT2D eigenvalue weighted by Gasteiger charge is -2.39. The molecule has 0 aromatic carbocycles. The Morgan fingerprint density at radius 2 is 1.86 bits per heavy atom. The zero-order valence-electron chi connectivity index (χ0n) is 7.86. The molecule has 1 saturated carbocycles. The second-order valence-corrected chi connectivity index (χ2v) is 4.17. The second kappa shape index (κ2) is 3.38. The van der Waals surface area contributed by atoms with Crippen molar-refractivity contribution >= 4 is 0 Å². The van der Waals surface area contributed by atoms with Crippen molar-refractivity contribution in [1.82, 2.24) is 5.32 Å². The fourth-order valence-corrected chi connectivity index (χ4v) is 2.31. The molecule has 1 atom stereocenters. The maximum absolute atomic E-state index is 12.4. The molecule has 1 aliphatic carbocycles. The molecule has 0 aromatic rings. The Morgan fingerprint density at radius 3 is 2.43 bits per heavy atom. The number of rotatable bonds is 0. The summed E-state index contributed by atoms with van der Waals surface area (Å²) in [6.07, 6.45) is -2.38. The molecule has 0 amide bonds. The SMILES string of the molecule is FC(F)(F)C1CNCC2(CCCC2)O1. The monoisotopic (exact) mass is 209 g/mol. The Labute approximate surface area is 80.8 Å². The molecule has 1 N–H and O–H groups in total. The van der Waals surface area contributed by atoms with Crippen molar-refractivity contribution in [3.8, 4) is 0 Å². The van der Waals surface area contributed by atoms with E-state index in [0.717, 1.165) is 25.7 Å². The van der Waals surface area contributed by atoms with Crippen molar-refractivity contribution in [2.45, 2.75) is 43.6 Å². The van der Waals surface area contributed by atoms with Crippen LogP contribution < -0.4 is 5.32 Å². The highest BCUT2D eigenvalue weighted by Gasteiger charge is 2.49. The van der Waals surface area contributed by atoms with Gasteiger partial charge in [-0.2, -0.15) is 13.2 Å². The molecular weight excluding hydrogens is 195 g/mol. The first kappa shape index (κ1) is 10.2. The van der Waals surface area contributed by atoms with Crippen LogP contribution in [0.15, 0.2) is 0 Å². The van der Waals surface area contributed by atoms with Crippen molar-refractivity contribution in [3.05, 3.63) is 0 Å². The van der Waals surface area contributed by atoms with E-state index in [2.05, 4.69) is 5.32 Å². The molecule has 0 radical (unpaired) electrons. The summed E-state index contributed by atoms with van der Waals surface area (Å²) in [5.74, 6) is 0. The van der Waals surface area contributed by atoms with E-state index in [9.17, 15) is 13.2 Å². The number of nitrogens with one attached hydrogen (secondary N) is 1. The van der Waals surface area contributed by atoms with E-state index < -0.39 is 17.9 Å². The molecule has 0 aromatic heterocycles. The number of alkyl halides is 3. The van der Waals surface area contributed by atoms with Gasteiger partial charge in [0, 0.05) is 13.1 Å². The third-order valence-corrected chi connectivity index (χ3v) is 3.05. The summed E-state index contributed by atoms with van der Waals surface area (Å²) >= 11 is 0. The van der Waals surface area contributed by atoms with Gasteiger partial charge in [0.15, 0.2) is 6.10 Å². The summed E-state index contributed by atoms with van der Waals surface area (Å²) in [6.45, 7) is 0.463. The van der Waals surface area contributed by atoms with E-state index in [1.165, 1.54) is 0 Å². The maximum atomic E-state index is 12.4. The average molecular weight is 209 g/mol. The molecule has 2 nitrogen and oxygen atoms in total. The molecule has 5 heteroatoms. The Hall–Kier alpha value is -0.290. The zero-order chi connectivity index (χ0) is 10.2. The van der Waals surface area contributed by atoms with E-state index in [4.69, 9.17) is 4.74 Å². The van der Waals surface area contributed by atoms with Crippen molar-refractivity contribution in [1.29, 1.82) is 0 Å². The fourth-order valence-electron chi connectivity index (χ4n) is 2.31. The van der Waals surface area contributed by atoms with Crippen LogP contribution >= 0.6 is 0 Å². The van der Waals surface area contributed by atoms with Crippen LogP contribution in [0.5, 0.6) is 0 Å². The fraction of sp³-hybridized carbons (Fsp3) is 1.00. The van der Waals surface area contributed by atoms with Crippen LogP contribution in [-0.4, -0.2) is 31.0 Å². The first-order valence-electron chi connectivity index (χ1n) is 4.97. The summed E-state index contributed by atoms with van der Waals surface area (Å²) in [5.41, 5.74) is -0.529. The van der Waals surface area contributed by atoms with Crippen LogP contribution in [0.3, 0.4) is 0 Å². The van der Waals surface area contributed by atoms with Crippen LogP contribution in [0.4, 0.5) is 13.2 Å². The minimum Gasteiger partial charge on any atom is -0.360 e. The zero-order valence-corrected chi connectivity index (χ0v) is 7.86. The number of halogens is 3. The van der Waals surface area contributed by atoms with Crippen LogP contribution in [0.2, 0.25) is 0 Å². The molecule has 1 saturated heterocycles. The number of hydrogen-bond donors (Lipinski definition) is 1. The second-order valence-electron chi connectivity index (χ2n) is 4.17. The quantitative estimate of drug-likeness (QED) is 0.657. The Kier molecular flexibility index (Phi) is 2.47. The largest absolute Gasteiger partial charge is 0.415 e. The van der Waals surface area contributed by atoms with Gasteiger partial charge in [-0.1, -0.05) is 12.8 Å². The van der Waals surface area contributed by atoms with Crippen molar-refractivity contribution in [2.24, 2.45) is 0 Å². The van der Waals surface area contributed by atoms with E-state index in [-0.39, 0.29) is 6.54 Å². The lowest BCUT2D eigenvalue weighted by molar-refractivity contribution is -0.261. The van der Waals surface area contributed by atoms with Gasteiger partial charge >= 0.3 is 6.18 Å². The highest BCUT2D eigenvalue weighted by atomic mass is 19.4. The molecule has 1 spiro atoms. The molecule has 14 heavy (non-hydrogen) atoms. The van der Waals surface area contributed by atoms with Crippen molar-refractivity contribution in [2.75, 3.05) is 13.1 Å². The summed E-state index contributed by atoms with van der Waals surface area (Å²) in [4.78, 5) is 0. The minimum absolute atomic E-state index is 0.106. The van der Waals surface area contributed by atoms with E-state index >= 15 is 0 Å². The first-order valence-corrected chi connectivity index (χ1v) is 4.97. The van der Waals surface area contributed by atoms with Gasteiger partial charge in [-0.25, -0.2) is 0 Å². The summed E-state index contributed by atoms with van der Waals surface area (Å²) in [5, 5.41) is 2.83. The van der Waals surface area contributed by atoms with Gasteiger partial charge in [-0.05, 0) is 12.8 Å². The lowest BCUT2D eigenvalue weighted by atomic mass is 9.99. The predicted molar refractivity (Wildman–Crippen MR) is 45.0 cm³/mol. The van der Waals surface area contributed by atoms with Gasteiger partial charge in [0.1, 0.15) is 0 Å². The van der Waals surface area contributed by atoms with E-state index in [1.807, 2.05) is 0 Å². The van der Waals surface area contributed by atoms with Crippen LogP contribution in [0, 0.1) is 0 Å². The summed E-state index contributed by atoms with van der Waals surface area (Å²) in [6, 6.07) is 0. The molecular formula is C9H14F3NO. The predicted octanol–water partition coefficient (Wildman–Crippen LogP) is 1.85. The standard InChI is InChI=1S/C9H14F3NO/c10-9(11,12)7-5-13-6-8(14-7)3-1-2-4-8/h7,13H,1-6H2. The van der Waals surface area contributed by atoms with Crippen molar-refractivity contribution < 1.29 is 17.9 Å². The highest BCUT2D eigenvalue weighted by molar-refractivity contribution is 4.94. The molecule has 1 heterocycles. The lowest BCUT2D eigenvalue weighted by Crippen LogP contribution is -2.56. The molecule has 1 unspecified atom stereocenters. The summed E-state index contributed by atoms with van der Waals surface area (Å²) < 4.78 is 42.4. The van der Waals surface area contributed by atoms with Gasteiger partial charge in [0.2, 0.25) is 0 Å². The molecule has 1 aliphatic heterocycles. The molecule has 2 aliphatic rings. The van der Waals surface area contributed by atoms with Crippen LogP contribution in [-0.2, 0) is 4.74 Å². The topological polar surface area (TPSA) is 21.3 Å². The van der Waals surface area contributed by atoms with E-state index in [1.54, 1.807) is 0 Å². The maximum Gasteiger partial charge on any atom is 0.415 e. The Bertz CT molecular complexity index is 211. The molecule has 0 bridgehead atoms. The third-order valence-electron chi connectivity index (χ3n) is 3.05. The van der Waals surface area contributed by atoms with Gasteiger partial charge in [-0.3, -0.25) is 0 Å². The number of ether oxygens (including phenoxy) is 1. The molecule has 2 rings (SSSR count). The molecule has 2 fully saturated rings. The highest BCUT2D eigenvalue weighted by Crippen LogP contribution is 2.38. The van der Waals surface area contributed by atoms with Crippen molar-refractivity contribution in [3.63, 3.8) is 0 Å². The van der Waals surface area contributed by atoms with Crippen LogP contribution in [0.25, 0.3) is 0 Å². The van der Waals surface area contributed by atoms with E-state index in [0.29, 0.717) is 6.54 Å². The first-order chi connectivity index (χ1) is 6.52. The Balaban J connectivity index is 2.03. The third kappa shape index (κ3) is 1.88. The Morgan fingerprint density at radius 1 is 1.21 bits per heavy atom. The van der Waals surface area contributed by atoms with Gasteiger partial charge in [0.05, 0.1) is 5.60 Å². The molecule has 82 valence electrons. The summed E-state index contributed by atoms with van der Waals surface area (Å²) in [7, 11) is 0. The number of morpholine rings is 1. The average Bonchev–Trinajstić information content (AvgIpc) is 2.52. The number of hydrogen-bond acceptors (Lipinski definition) is 2. The smallest absolute Gasteiger partial charge is 0.360 e.